The molecule has 2 aliphatic rings. The molecule has 2 aromatic rings. The first kappa shape index (κ1) is 21.4. The fraction of sp³-hybridized carbons (Fsp3) is 0.455. The van der Waals surface area contributed by atoms with Crippen LogP contribution in [0.4, 0.5) is 17.2 Å². The first-order valence-corrected chi connectivity index (χ1v) is 11.0. The van der Waals surface area contributed by atoms with Crippen molar-refractivity contribution < 1.29 is 9.72 Å². The summed E-state index contributed by atoms with van der Waals surface area (Å²) in [6.07, 6.45) is 2.10. The summed E-state index contributed by atoms with van der Waals surface area (Å²) < 4.78 is 0. The lowest BCUT2D eigenvalue weighted by Crippen LogP contribution is -2.49. The van der Waals surface area contributed by atoms with Gasteiger partial charge in [-0.15, -0.1) is 0 Å². The van der Waals surface area contributed by atoms with Crippen molar-refractivity contribution in [3.05, 3.63) is 57.2 Å². The maximum absolute atomic E-state index is 13.4. The van der Waals surface area contributed by atoms with Crippen molar-refractivity contribution in [3.8, 4) is 0 Å². The number of nitro groups is 1. The Balaban J connectivity index is 1.53. The normalized spacial score (nSPS) is 17.7. The number of rotatable bonds is 4. The van der Waals surface area contributed by atoms with Gasteiger partial charge >= 0.3 is 0 Å². The summed E-state index contributed by atoms with van der Waals surface area (Å²) in [7, 11) is 0. The molecule has 8 nitrogen and oxygen atoms in total. The van der Waals surface area contributed by atoms with Gasteiger partial charge in [-0.25, -0.2) is 4.98 Å². The van der Waals surface area contributed by atoms with E-state index in [1.165, 1.54) is 12.1 Å². The number of halogens is 1. The molecular weight excluding hydrogens is 418 g/mol. The molecule has 0 bridgehead atoms. The average Bonchev–Trinajstić information content (AvgIpc) is 2.79. The molecule has 0 saturated carbocycles. The molecular formula is C22H26ClN5O3. The van der Waals surface area contributed by atoms with Crippen LogP contribution in [0.15, 0.2) is 36.4 Å². The number of piperidine rings is 1. The van der Waals surface area contributed by atoms with Crippen LogP contribution in [0.2, 0.25) is 5.15 Å². The molecule has 0 aliphatic carbocycles. The second-order valence-electron chi connectivity index (χ2n) is 8.23. The number of anilines is 2. The number of amides is 1. The fourth-order valence-electron chi connectivity index (χ4n) is 4.22. The summed E-state index contributed by atoms with van der Waals surface area (Å²) in [4.78, 5) is 34.7. The third-order valence-corrected chi connectivity index (χ3v) is 6.35. The highest BCUT2D eigenvalue weighted by Gasteiger charge is 2.28. The molecule has 3 heterocycles. The minimum Gasteiger partial charge on any atom is -0.371 e. The third kappa shape index (κ3) is 4.74. The lowest BCUT2D eigenvalue weighted by molar-refractivity contribution is -0.384. The summed E-state index contributed by atoms with van der Waals surface area (Å²) >= 11 is 6.00. The number of carbonyl (C=O) groups excluding carboxylic acids is 1. The van der Waals surface area contributed by atoms with E-state index in [1.807, 2.05) is 12.1 Å². The summed E-state index contributed by atoms with van der Waals surface area (Å²) in [6.45, 7) is 6.24. The van der Waals surface area contributed by atoms with Gasteiger partial charge in [0.05, 0.1) is 16.2 Å². The van der Waals surface area contributed by atoms with Gasteiger partial charge in [0.1, 0.15) is 11.0 Å². The van der Waals surface area contributed by atoms with Crippen LogP contribution in [0.5, 0.6) is 0 Å². The van der Waals surface area contributed by atoms with E-state index in [-0.39, 0.29) is 11.6 Å². The molecule has 4 rings (SSSR count). The average molecular weight is 444 g/mol. The minimum atomic E-state index is -0.443. The molecule has 9 heteroatoms. The van der Waals surface area contributed by atoms with Crippen LogP contribution in [0.1, 0.15) is 30.1 Å². The molecule has 31 heavy (non-hydrogen) atoms. The Morgan fingerprint density at radius 2 is 1.77 bits per heavy atom. The maximum atomic E-state index is 13.4. The molecule has 0 N–H and O–H groups in total. The number of carbonyl (C=O) groups is 1. The van der Waals surface area contributed by atoms with Gasteiger partial charge < -0.3 is 14.7 Å². The molecule has 2 saturated heterocycles. The number of non-ortho nitro benzene ring substituents is 1. The summed E-state index contributed by atoms with van der Waals surface area (Å²) in [6, 6.07) is 10.1. The van der Waals surface area contributed by atoms with Crippen molar-refractivity contribution in [1.82, 2.24) is 9.88 Å². The molecule has 1 aromatic carbocycles. The first-order valence-electron chi connectivity index (χ1n) is 10.6. The number of aromatic nitrogens is 1. The van der Waals surface area contributed by atoms with E-state index < -0.39 is 4.92 Å². The second-order valence-corrected chi connectivity index (χ2v) is 8.61. The zero-order chi connectivity index (χ0) is 22.0. The van der Waals surface area contributed by atoms with E-state index in [0.29, 0.717) is 42.8 Å². The Kier molecular flexibility index (Phi) is 6.27. The quantitative estimate of drug-likeness (QED) is 0.405. The zero-order valence-corrected chi connectivity index (χ0v) is 18.3. The molecule has 1 aromatic heterocycles. The third-order valence-electron chi connectivity index (χ3n) is 6.14. The first-order chi connectivity index (χ1) is 14.9. The summed E-state index contributed by atoms with van der Waals surface area (Å²) in [5.41, 5.74) is 1.15. The standard InChI is InChI=1S/C22H26ClN5O3/c1-16-7-9-25(10-8-16)19-6-5-17(28(30)31)15-18(19)22(29)27-13-11-26(12-14-27)21-4-2-3-20(23)24-21/h2-6,15-16H,7-14H2,1H3. The van der Waals surface area contributed by atoms with E-state index in [2.05, 4.69) is 21.7 Å². The predicted molar refractivity (Wildman–Crippen MR) is 121 cm³/mol. The fourth-order valence-corrected chi connectivity index (χ4v) is 4.38. The molecule has 0 atom stereocenters. The van der Waals surface area contributed by atoms with E-state index in [1.54, 1.807) is 17.0 Å². The highest BCUT2D eigenvalue weighted by atomic mass is 35.5. The van der Waals surface area contributed by atoms with E-state index in [0.717, 1.165) is 37.4 Å². The molecule has 164 valence electrons. The Morgan fingerprint density at radius 3 is 2.42 bits per heavy atom. The maximum Gasteiger partial charge on any atom is 0.270 e. The highest BCUT2D eigenvalue weighted by Crippen LogP contribution is 2.30. The van der Waals surface area contributed by atoms with Crippen LogP contribution in [0.3, 0.4) is 0 Å². The number of benzene rings is 1. The Bertz CT molecular complexity index is 969. The van der Waals surface area contributed by atoms with E-state index >= 15 is 0 Å². The minimum absolute atomic E-state index is 0.0563. The number of piperazine rings is 1. The Hall–Kier alpha value is -2.87. The van der Waals surface area contributed by atoms with Crippen molar-refractivity contribution in [3.63, 3.8) is 0 Å². The molecule has 2 aliphatic heterocycles. The number of nitro benzene ring substituents is 1. The molecule has 2 fully saturated rings. The molecule has 0 unspecified atom stereocenters. The lowest BCUT2D eigenvalue weighted by atomic mass is 9.97. The van der Waals surface area contributed by atoms with Gasteiger partial charge in [-0.1, -0.05) is 24.6 Å². The number of hydrogen-bond donors (Lipinski definition) is 0. The van der Waals surface area contributed by atoms with Crippen LogP contribution in [-0.4, -0.2) is 60.0 Å². The van der Waals surface area contributed by atoms with Crippen LogP contribution in [0.25, 0.3) is 0 Å². The molecule has 0 radical (unpaired) electrons. The van der Waals surface area contributed by atoms with E-state index in [9.17, 15) is 14.9 Å². The van der Waals surface area contributed by atoms with Gasteiger partial charge in [-0.2, -0.15) is 0 Å². The molecule has 1 amide bonds. The van der Waals surface area contributed by atoms with Gasteiger partial charge in [0.15, 0.2) is 0 Å². The van der Waals surface area contributed by atoms with Gasteiger partial charge in [0, 0.05) is 51.4 Å². The molecule has 0 spiro atoms. The van der Waals surface area contributed by atoms with Gasteiger partial charge in [-0.3, -0.25) is 14.9 Å². The zero-order valence-electron chi connectivity index (χ0n) is 17.5. The van der Waals surface area contributed by atoms with Gasteiger partial charge in [0.25, 0.3) is 11.6 Å². The van der Waals surface area contributed by atoms with Crippen LogP contribution < -0.4 is 9.80 Å². The number of nitrogens with zero attached hydrogens (tertiary/aromatic N) is 5. The number of pyridine rings is 1. The Labute approximate surface area is 186 Å². The predicted octanol–water partition coefficient (Wildman–Crippen LogP) is 3.84. The van der Waals surface area contributed by atoms with Crippen molar-refractivity contribution in [2.75, 3.05) is 49.1 Å². The van der Waals surface area contributed by atoms with Crippen molar-refractivity contribution in [2.24, 2.45) is 5.92 Å². The van der Waals surface area contributed by atoms with Crippen molar-refractivity contribution in [2.45, 2.75) is 19.8 Å². The smallest absolute Gasteiger partial charge is 0.270 e. The van der Waals surface area contributed by atoms with Gasteiger partial charge in [0.2, 0.25) is 0 Å². The topological polar surface area (TPSA) is 82.8 Å². The summed E-state index contributed by atoms with van der Waals surface area (Å²) in [5.74, 6) is 1.29. The SMILES string of the molecule is CC1CCN(c2ccc([N+](=O)[O-])cc2C(=O)N2CCN(c3cccc(Cl)n3)CC2)CC1. The van der Waals surface area contributed by atoms with Crippen LogP contribution >= 0.6 is 11.6 Å². The van der Waals surface area contributed by atoms with Crippen molar-refractivity contribution >= 4 is 34.7 Å². The monoisotopic (exact) mass is 443 g/mol. The van der Waals surface area contributed by atoms with Crippen molar-refractivity contribution in [1.29, 1.82) is 0 Å². The largest absolute Gasteiger partial charge is 0.371 e. The Morgan fingerprint density at radius 1 is 1.06 bits per heavy atom. The lowest BCUT2D eigenvalue weighted by Gasteiger charge is -2.37. The second kappa shape index (κ2) is 9.09. The van der Waals surface area contributed by atoms with E-state index in [4.69, 9.17) is 11.6 Å². The summed E-state index contributed by atoms with van der Waals surface area (Å²) in [5, 5.41) is 11.8. The number of hydrogen-bond acceptors (Lipinski definition) is 6. The van der Waals surface area contributed by atoms with Crippen LogP contribution in [-0.2, 0) is 0 Å². The van der Waals surface area contributed by atoms with Gasteiger partial charge in [-0.05, 0) is 37.0 Å². The van der Waals surface area contributed by atoms with Crippen LogP contribution in [0, 0.1) is 16.0 Å². The highest BCUT2D eigenvalue weighted by molar-refractivity contribution is 6.29.